The molecular formula is C58H68N16O15. The van der Waals surface area contributed by atoms with Crippen LogP contribution in [0.25, 0.3) is 22.1 Å². The molecule has 10 amide bonds. The number of carbonyl (C=O) groups excluding carboxylic acids is 11. The minimum Gasteiger partial charge on any atom is -0.494 e. The fourth-order valence-corrected chi connectivity index (χ4v) is 9.65. The summed E-state index contributed by atoms with van der Waals surface area (Å²) in [6, 6.07) is 6.68. The summed E-state index contributed by atoms with van der Waals surface area (Å²) in [5, 5.41) is 30.8. The van der Waals surface area contributed by atoms with E-state index < -0.39 is 108 Å². The van der Waals surface area contributed by atoms with Crippen LogP contribution in [-0.4, -0.2) is 152 Å². The number of methoxy groups -OCH3 is 1. The summed E-state index contributed by atoms with van der Waals surface area (Å²) in [6.07, 6.45) is 3.76. The fraction of sp³-hybridized carbons (Fsp3) is 0.379. The van der Waals surface area contributed by atoms with E-state index in [0.717, 1.165) is 12.2 Å². The van der Waals surface area contributed by atoms with Crippen molar-refractivity contribution in [1.29, 1.82) is 0 Å². The number of carboxylic acid groups (broad SMARTS) is 1. The molecule has 0 bridgehead atoms. The van der Waals surface area contributed by atoms with Gasteiger partial charge in [0, 0.05) is 87.1 Å². The maximum absolute atomic E-state index is 14.0. The fourth-order valence-electron chi connectivity index (χ4n) is 9.65. The third kappa shape index (κ3) is 16.2. The van der Waals surface area contributed by atoms with E-state index >= 15 is 0 Å². The van der Waals surface area contributed by atoms with Gasteiger partial charge in [-0.3, -0.25) is 83.0 Å². The maximum Gasteiger partial charge on any atom is 0.322 e. The monoisotopic (exact) mass is 1230 g/mol. The predicted molar refractivity (Wildman–Crippen MR) is 317 cm³/mol. The third-order valence-corrected chi connectivity index (χ3v) is 14.2. The Kier molecular flexibility index (Phi) is 21.4. The number of anilines is 2. The van der Waals surface area contributed by atoms with E-state index in [2.05, 4.69) is 36.4 Å². The highest BCUT2D eigenvalue weighted by atomic mass is 16.5. The van der Waals surface area contributed by atoms with Gasteiger partial charge in [-0.2, -0.15) is 10.2 Å². The number of fused-ring (bicyclic) bond motifs is 2. The molecule has 0 saturated carbocycles. The number of primary amides is 2. The first kappa shape index (κ1) is 65.7. The number of amides is 10. The molecule has 0 unspecified atom stereocenters. The highest BCUT2D eigenvalue weighted by molar-refractivity contribution is 6.15. The van der Waals surface area contributed by atoms with Gasteiger partial charge in [0.15, 0.2) is 11.6 Å². The number of rotatable bonds is 31. The number of aromatic nitrogens is 8. The Bertz CT molecular complexity index is 3870. The van der Waals surface area contributed by atoms with Gasteiger partial charge in [0.05, 0.1) is 48.7 Å². The summed E-state index contributed by atoms with van der Waals surface area (Å²) in [5.41, 5.74) is 14.6. The van der Waals surface area contributed by atoms with Gasteiger partial charge in [0.2, 0.25) is 35.5 Å². The summed E-state index contributed by atoms with van der Waals surface area (Å²) in [7, 11) is 1.41. The molecular weight excluding hydrogens is 1160 g/mol. The average Bonchev–Trinajstić information content (AvgIpc) is 1.70. The number of Topliss-reactive ketones (excluding diaryl/α,β-unsaturated/α-hetero) is 2. The summed E-state index contributed by atoms with van der Waals surface area (Å²) >= 11 is 0. The van der Waals surface area contributed by atoms with Gasteiger partial charge in [-0.25, -0.2) is 14.8 Å². The van der Waals surface area contributed by atoms with E-state index in [1.54, 1.807) is 51.9 Å². The van der Waals surface area contributed by atoms with Crippen LogP contribution in [0.4, 0.5) is 16.7 Å². The van der Waals surface area contributed by atoms with E-state index in [4.69, 9.17) is 25.9 Å². The number of hydrogen-bond donors (Lipinski definition) is 8. The molecule has 2 aromatic carbocycles. The van der Waals surface area contributed by atoms with Crippen LogP contribution in [0.3, 0.4) is 0 Å². The van der Waals surface area contributed by atoms with Crippen molar-refractivity contribution in [2.24, 2.45) is 23.3 Å². The summed E-state index contributed by atoms with van der Waals surface area (Å²) in [5.74, 6) is -10.0. The molecule has 4 aromatic heterocycles. The Morgan fingerprint density at radius 3 is 1.72 bits per heavy atom. The van der Waals surface area contributed by atoms with Crippen LogP contribution in [0.5, 0.6) is 11.5 Å². The standard InChI is InChI=1S/C58H68N16O15/c1-8-73-40(22-31(4)68-73)54(85)65-56-63-38-25-35(50(59)81)27-43(88-7)48(38)70(56)18-10-11-19-71-49-39(64-57(71)66-55(86)41-23-32(5)69-74(41)9-2)26-36(51(60)82)28-44(49)89-20-12-17-61-52(83)30(3)21-42(76)33(6)62-58(87)67-53(84)34(13-16-47(79)80)24-37(75)29-72-45(77)14-15-46(72)78/h10-11,14-15,22-23,25-28,30,33-34H,8-9,12-13,16-21,24,29H2,1-7H3,(H2,59,81)(H2,60,82)(H,61,83)(H,79,80)(H,63,65,85)(H,64,66,86)(H2,62,67,84,87)/b11-10+/t30-,33+,34-/m1/s1. The molecule has 1 aliphatic rings. The average molecular weight is 1230 g/mol. The lowest BCUT2D eigenvalue weighted by molar-refractivity contribution is -0.141. The second-order valence-corrected chi connectivity index (χ2v) is 20.8. The number of carboxylic acids is 1. The molecule has 0 radical (unpaired) electrons. The summed E-state index contributed by atoms with van der Waals surface area (Å²) in [6.45, 7) is 10.1. The lowest BCUT2D eigenvalue weighted by Crippen LogP contribution is -2.49. The molecule has 5 heterocycles. The lowest BCUT2D eigenvalue weighted by Gasteiger charge is -2.19. The topological polar surface area (TPSA) is 430 Å². The number of ketones is 2. The van der Waals surface area contributed by atoms with Crippen molar-refractivity contribution in [3.05, 3.63) is 94.6 Å². The molecule has 0 fully saturated rings. The number of nitrogens with two attached hydrogens (primary N) is 2. The van der Waals surface area contributed by atoms with E-state index in [9.17, 15) is 62.6 Å². The van der Waals surface area contributed by atoms with Gasteiger partial charge < -0.3 is 45.8 Å². The van der Waals surface area contributed by atoms with Crippen LogP contribution in [0.15, 0.2) is 60.7 Å². The largest absolute Gasteiger partial charge is 0.494 e. The number of nitrogens with zero attached hydrogens (tertiary/aromatic N) is 9. The summed E-state index contributed by atoms with van der Waals surface area (Å²) < 4.78 is 18.4. The Morgan fingerprint density at radius 2 is 1.22 bits per heavy atom. The molecule has 10 N–H and O–H groups in total. The number of imide groups is 2. The number of nitrogens with one attached hydrogen (secondary N) is 5. The van der Waals surface area contributed by atoms with E-state index in [1.165, 1.54) is 49.9 Å². The Morgan fingerprint density at radius 1 is 0.708 bits per heavy atom. The highest BCUT2D eigenvalue weighted by Gasteiger charge is 2.31. The van der Waals surface area contributed by atoms with Crippen LogP contribution in [0, 0.1) is 25.7 Å². The summed E-state index contributed by atoms with van der Waals surface area (Å²) in [4.78, 5) is 163. The molecule has 7 rings (SSSR count). The number of imidazole rings is 2. The Hall–Kier alpha value is -10.9. The molecule has 31 heteroatoms. The first-order valence-corrected chi connectivity index (χ1v) is 28.2. The normalized spacial score (nSPS) is 13.1. The molecule has 0 spiro atoms. The predicted octanol–water partition coefficient (Wildman–Crippen LogP) is 2.46. The van der Waals surface area contributed by atoms with Crippen molar-refractivity contribution in [3.8, 4) is 11.5 Å². The molecule has 470 valence electrons. The van der Waals surface area contributed by atoms with Gasteiger partial charge in [0.25, 0.3) is 23.6 Å². The van der Waals surface area contributed by atoms with Crippen LogP contribution in [0.1, 0.15) is 113 Å². The molecule has 31 nitrogen and oxygen atoms in total. The number of ether oxygens (including phenoxy) is 2. The van der Waals surface area contributed by atoms with Crippen molar-refractivity contribution in [1.82, 2.24) is 59.5 Å². The molecule has 0 saturated heterocycles. The zero-order valence-electron chi connectivity index (χ0n) is 49.8. The van der Waals surface area contributed by atoms with Crippen LogP contribution >= 0.6 is 0 Å². The van der Waals surface area contributed by atoms with Crippen molar-refractivity contribution in [2.75, 3.05) is 37.4 Å². The molecule has 3 atom stereocenters. The van der Waals surface area contributed by atoms with E-state index in [0.29, 0.717) is 40.4 Å². The van der Waals surface area contributed by atoms with Gasteiger partial charge in [-0.05, 0) is 83.9 Å². The van der Waals surface area contributed by atoms with Crippen molar-refractivity contribution >= 4 is 105 Å². The first-order valence-electron chi connectivity index (χ1n) is 28.2. The number of allylic oxidation sites excluding steroid dienone is 2. The maximum atomic E-state index is 14.0. The zero-order chi connectivity index (χ0) is 65.0. The highest BCUT2D eigenvalue weighted by Crippen LogP contribution is 2.33. The smallest absolute Gasteiger partial charge is 0.322 e. The quantitative estimate of drug-likeness (QED) is 0.0176. The number of aliphatic carboxylic acids is 1. The van der Waals surface area contributed by atoms with Gasteiger partial charge in [-0.15, -0.1) is 0 Å². The Labute approximate surface area is 507 Å². The van der Waals surface area contributed by atoms with Crippen LogP contribution < -0.4 is 47.5 Å². The molecule has 6 aromatic rings. The van der Waals surface area contributed by atoms with Crippen molar-refractivity contribution in [2.45, 2.75) is 106 Å². The van der Waals surface area contributed by atoms with Crippen LogP contribution in [-0.2, 0) is 59.7 Å². The number of benzene rings is 2. The van der Waals surface area contributed by atoms with E-state index in [-0.39, 0.29) is 102 Å². The first-order chi connectivity index (χ1) is 42.3. The van der Waals surface area contributed by atoms with Crippen molar-refractivity contribution in [3.63, 3.8) is 0 Å². The van der Waals surface area contributed by atoms with Gasteiger partial charge in [0.1, 0.15) is 33.9 Å². The van der Waals surface area contributed by atoms with Crippen LogP contribution in [0.2, 0.25) is 0 Å². The van der Waals surface area contributed by atoms with E-state index in [1.807, 2.05) is 19.2 Å². The second kappa shape index (κ2) is 29.0. The SMILES string of the molecule is CCn1nc(C)cc1C(=O)Nc1nc2cc(C(N)=O)cc(OC)c2n1C/C=C/Cn1c(NC(=O)c2cc(C)nn2CC)nc2cc(C(N)=O)cc(OCCCNC(=O)[C@H](C)CC(=O)[C@H](C)NC(=O)NC(=O)[C@H](CCC(=O)O)CC(=O)CN3C(=O)C=CC3=O)c21. The number of aryl methyl sites for hydroxylation is 4. The lowest BCUT2D eigenvalue weighted by atomic mass is 9.95. The molecule has 89 heavy (non-hydrogen) atoms. The number of hydrogen-bond acceptors (Lipinski definition) is 18. The minimum absolute atomic E-state index is 0.00460. The Balaban J connectivity index is 1.04. The number of carbonyl (C=O) groups is 12. The minimum atomic E-state index is -1.34. The van der Waals surface area contributed by atoms with Gasteiger partial charge in [-0.1, -0.05) is 19.1 Å². The second-order valence-electron chi connectivity index (χ2n) is 20.8. The molecule has 0 aliphatic carbocycles. The van der Waals surface area contributed by atoms with Crippen molar-refractivity contribution < 1.29 is 72.1 Å². The van der Waals surface area contributed by atoms with Gasteiger partial charge >= 0.3 is 12.0 Å². The zero-order valence-corrected chi connectivity index (χ0v) is 49.8. The third-order valence-electron chi connectivity index (χ3n) is 14.2. The number of urea groups is 1. The molecule has 1 aliphatic heterocycles.